The SMILES string of the molecule is CCOCCCN(CC(F)(F)F)C(=O)CC(N)CC. The molecular weight excluding hydrogens is 261 g/mol. The summed E-state index contributed by atoms with van der Waals surface area (Å²) >= 11 is 0. The van der Waals surface area contributed by atoms with E-state index in [2.05, 4.69) is 0 Å². The molecule has 0 aromatic carbocycles. The van der Waals surface area contributed by atoms with Gasteiger partial charge in [0.2, 0.25) is 5.91 Å². The standard InChI is InChI=1S/C12H23F3N2O2/c1-3-10(16)8-11(18)17(9-12(13,14)15)6-5-7-19-4-2/h10H,3-9,16H2,1-2H3. The fraction of sp³-hybridized carbons (Fsp3) is 0.917. The minimum atomic E-state index is -4.39. The summed E-state index contributed by atoms with van der Waals surface area (Å²) < 4.78 is 42.3. The molecule has 0 aromatic rings. The van der Waals surface area contributed by atoms with Gasteiger partial charge in [-0.1, -0.05) is 6.92 Å². The van der Waals surface area contributed by atoms with Gasteiger partial charge in [0.1, 0.15) is 6.54 Å². The van der Waals surface area contributed by atoms with Gasteiger partial charge in [0, 0.05) is 32.2 Å². The number of nitrogens with two attached hydrogens (primary N) is 1. The molecule has 7 heteroatoms. The van der Waals surface area contributed by atoms with Crippen LogP contribution in [0, 0.1) is 0 Å². The van der Waals surface area contributed by atoms with E-state index in [0.717, 1.165) is 4.90 Å². The van der Waals surface area contributed by atoms with Crippen molar-refractivity contribution in [2.45, 2.75) is 45.3 Å². The Balaban J connectivity index is 4.35. The van der Waals surface area contributed by atoms with Crippen LogP contribution in [-0.2, 0) is 9.53 Å². The smallest absolute Gasteiger partial charge is 0.382 e. The Hall–Kier alpha value is -0.820. The highest BCUT2D eigenvalue weighted by Crippen LogP contribution is 2.17. The molecule has 1 unspecified atom stereocenters. The zero-order valence-corrected chi connectivity index (χ0v) is 11.5. The first-order chi connectivity index (χ1) is 8.80. The minimum absolute atomic E-state index is 0.0365. The van der Waals surface area contributed by atoms with Crippen LogP contribution in [0.5, 0.6) is 0 Å². The molecule has 19 heavy (non-hydrogen) atoms. The summed E-state index contributed by atoms with van der Waals surface area (Å²) in [5.74, 6) is -0.553. The maximum Gasteiger partial charge on any atom is 0.406 e. The largest absolute Gasteiger partial charge is 0.406 e. The lowest BCUT2D eigenvalue weighted by molar-refractivity contribution is -0.161. The fourth-order valence-corrected chi connectivity index (χ4v) is 1.51. The van der Waals surface area contributed by atoms with Crippen LogP contribution in [0.1, 0.15) is 33.1 Å². The van der Waals surface area contributed by atoms with Crippen molar-refractivity contribution in [3.05, 3.63) is 0 Å². The second-order valence-electron chi connectivity index (χ2n) is 4.35. The first-order valence-electron chi connectivity index (χ1n) is 6.48. The van der Waals surface area contributed by atoms with Gasteiger partial charge in [-0.25, -0.2) is 0 Å². The third-order valence-corrected chi connectivity index (χ3v) is 2.60. The fourth-order valence-electron chi connectivity index (χ4n) is 1.51. The average Bonchev–Trinajstić information content (AvgIpc) is 2.31. The Labute approximate surface area is 112 Å². The number of hydrogen-bond donors (Lipinski definition) is 1. The highest BCUT2D eigenvalue weighted by atomic mass is 19.4. The van der Waals surface area contributed by atoms with Gasteiger partial charge in [-0.05, 0) is 19.8 Å². The zero-order valence-electron chi connectivity index (χ0n) is 11.5. The van der Waals surface area contributed by atoms with Gasteiger partial charge in [-0.2, -0.15) is 13.2 Å². The number of ether oxygens (including phenoxy) is 1. The van der Waals surface area contributed by atoms with Crippen LogP contribution in [0.15, 0.2) is 0 Å². The molecule has 0 saturated heterocycles. The molecule has 0 bridgehead atoms. The Morgan fingerprint density at radius 2 is 2.00 bits per heavy atom. The topological polar surface area (TPSA) is 55.6 Å². The van der Waals surface area contributed by atoms with Crippen LogP contribution < -0.4 is 5.73 Å². The van der Waals surface area contributed by atoms with Gasteiger partial charge in [-0.3, -0.25) is 4.79 Å². The van der Waals surface area contributed by atoms with Gasteiger partial charge in [0.15, 0.2) is 0 Å². The molecular formula is C12H23F3N2O2. The van der Waals surface area contributed by atoms with Gasteiger partial charge < -0.3 is 15.4 Å². The molecule has 0 aromatic heterocycles. The third-order valence-electron chi connectivity index (χ3n) is 2.60. The number of carbonyl (C=O) groups excluding carboxylic acids is 1. The number of carbonyl (C=O) groups is 1. The summed E-state index contributed by atoms with van der Waals surface area (Å²) in [4.78, 5) is 12.6. The molecule has 114 valence electrons. The van der Waals surface area contributed by atoms with Crippen molar-refractivity contribution in [2.24, 2.45) is 5.73 Å². The Kier molecular flexibility index (Phi) is 8.75. The van der Waals surface area contributed by atoms with Crippen LogP contribution in [-0.4, -0.2) is 49.3 Å². The van der Waals surface area contributed by atoms with Crippen molar-refractivity contribution in [1.29, 1.82) is 0 Å². The number of rotatable bonds is 9. The van der Waals surface area contributed by atoms with Crippen molar-refractivity contribution in [3.8, 4) is 0 Å². The van der Waals surface area contributed by atoms with Gasteiger partial charge in [-0.15, -0.1) is 0 Å². The predicted molar refractivity (Wildman–Crippen MR) is 66.6 cm³/mol. The molecule has 0 aliphatic heterocycles. The molecule has 0 aliphatic rings. The molecule has 1 atom stereocenters. The molecule has 0 heterocycles. The summed E-state index contributed by atoms with van der Waals surface area (Å²) in [6.07, 6.45) is -3.50. The van der Waals surface area contributed by atoms with Crippen LogP contribution in [0.3, 0.4) is 0 Å². The first-order valence-corrected chi connectivity index (χ1v) is 6.48. The Bertz CT molecular complexity index is 260. The van der Waals surface area contributed by atoms with Crippen molar-refractivity contribution >= 4 is 5.91 Å². The van der Waals surface area contributed by atoms with Crippen molar-refractivity contribution in [1.82, 2.24) is 4.90 Å². The van der Waals surface area contributed by atoms with Gasteiger partial charge in [0.25, 0.3) is 0 Å². The maximum atomic E-state index is 12.4. The molecule has 0 spiro atoms. The van der Waals surface area contributed by atoms with Crippen molar-refractivity contribution in [3.63, 3.8) is 0 Å². The number of amides is 1. The van der Waals surface area contributed by atoms with Crippen LogP contribution in [0.25, 0.3) is 0 Å². The van der Waals surface area contributed by atoms with Crippen LogP contribution in [0.4, 0.5) is 13.2 Å². The van der Waals surface area contributed by atoms with Gasteiger partial charge >= 0.3 is 6.18 Å². The van der Waals surface area contributed by atoms with Crippen molar-refractivity contribution < 1.29 is 22.7 Å². The molecule has 0 aliphatic carbocycles. The quantitative estimate of drug-likeness (QED) is 0.658. The average molecular weight is 284 g/mol. The summed E-state index contributed by atoms with van der Waals surface area (Å²) in [5, 5.41) is 0. The van der Waals surface area contributed by atoms with E-state index in [1.807, 2.05) is 0 Å². The number of nitrogens with zero attached hydrogens (tertiary/aromatic N) is 1. The Morgan fingerprint density at radius 1 is 1.37 bits per heavy atom. The van der Waals surface area contributed by atoms with Crippen LogP contribution in [0.2, 0.25) is 0 Å². The second-order valence-corrected chi connectivity index (χ2v) is 4.35. The summed E-state index contributed by atoms with van der Waals surface area (Å²) in [5.41, 5.74) is 5.60. The molecule has 0 saturated carbocycles. The monoisotopic (exact) mass is 284 g/mol. The summed E-state index contributed by atoms with van der Waals surface area (Å²) in [6, 6.07) is -0.393. The normalized spacial score (nSPS) is 13.4. The van der Waals surface area contributed by atoms with E-state index in [1.165, 1.54) is 0 Å². The van der Waals surface area contributed by atoms with E-state index in [0.29, 0.717) is 26.1 Å². The molecule has 4 nitrogen and oxygen atoms in total. The maximum absolute atomic E-state index is 12.4. The number of alkyl halides is 3. The highest BCUT2D eigenvalue weighted by Gasteiger charge is 2.32. The minimum Gasteiger partial charge on any atom is -0.382 e. The third kappa shape index (κ3) is 9.72. The molecule has 0 rings (SSSR count). The lowest BCUT2D eigenvalue weighted by Gasteiger charge is -2.25. The van der Waals surface area contributed by atoms with E-state index >= 15 is 0 Å². The van der Waals surface area contributed by atoms with E-state index in [1.54, 1.807) is 13.8 Å². The number of hydrogen-bond acceptors (Lipinski definition) is 3. The highest BCUT2D eigenvalue weighted by molar-refractivity contribution is 5.76. The zero-order chi connectivity index (χ0) is 14.9. The lowest BCUT2D eigenvalue weighted by atomic mass is 10.1. The number of halogens is 3. The van der Waals surface area contributed by atoms with Crippen LogP contribution >= 0.6 is 0 Å². The first kappa shape index (κ1) is 18.2. The molecule has 0 fully saturated rings. The summed E-state index contributed by atoms with van der Waals surface area (Å²) in [7, 11) is 0. The molecule has 0 radical (unpaired) electrons. The lowest BCUT2D eigenvalue weighted by Crippen LogP contribution is -2.42. The predicted octanol–water partition coefficient (Wildman–Crippen LogP) is 1.93. The summed E-state index contributed by atoms with van der Waals surface area (Å²) in [6.45, 7) is 3.26. The second kappa shape index (κ2) is 9.14. The molecule has 1 amide bonds. The van der Waals surface area contributed by atoms with E-state index < -0.39 is 24.7 Å². The van der Waals surface area contributed by atoms with E-state index in [-0.39, 0.29) is 13.0 Å². The molecule has 2 N–H and O–H groups in total. The van der Waals surface area contributed by atoms with Gasteiger partial charge in [0.05, 0.1) is 0 Å². The van der Waals surface area contributed by atoms with E-state index in [4.69, 9.17) is 10.5 Å². The Morgan fingerprint density at radius 3 is 2.47 bits per heavy atom. The van der Waals surface area contributed by atoms with Crippen molar-refractivity contribution in [2.75, 3.05) is 26.3 Å². The van der Waals surface area contributed by atoms with E-state index in [9.17, 15) is 18.0 Å².